The summed E-state index contributed by atoms with van der Waals surface area (Å²) in [4.78, 5) is 22.2. The van der Waals surface area contributed by atoms with Gasteiger partial charge in [-0.25, -0.2) is 0 Å². The summed E-state index contributed by atoms with van der Waals surface area (Å²) in [6, 6.07) is 7.57. The van der Waals surface area contributed by atoms with Crippen LogP contribution in [-0.2, 0) is 17.6 Å². The van der Waals surface area contributed by atoms with Crippen molar-refractivity contribution in [3.63, 3.8) is 0 Å². The summed E-state index contributed by atoms with van der Waals surface area (Å²) in [6.07, 6.45) is 3.37. The number of piperazine rings is 1. The molecule has 1 aromatic heterocycles. The maximum atomic E-state index is 12.4. The normalized spacial score (nSPS) is 15.8. The minimum Gasteiger partial charge on any atom is -0.340 e. The second-order valence-corrected chi connectivity index (χ2v) is 7.09. The van der Waals surface area contributed by atoms with E-state index in [1.165, 1.54) is 4.88 Å². The highest BCUT2D eigenvalue weighted by Crippen LogP contribution is 2.17. The molecular formula is C17H20ClN3OS. The Hall–Kier alpha value is -1.43. The highest BCUT2D eigenvalue weighted by atomic mass is 35.5. The molecule has 6 heteroatoms. The van der Waals surface area contributed by atoms with Crippen molar-refractivity contribution in [1.29, 1.82) is 0 Å². The highest BCUT2D eigenvalue weighted by molar-refractivity contribution is 7.09. The molecule has 2 aromatic rings. The molecule has 0 saturated carbocycles. The van der Waals surface area contributed by atoms with E-state index >= 15 is 0 Å². The molecular weight excluding hydrogens is 330 g/mol. The van der Waals surface area contributed by atoms with Gasteiger partial charge < -0.3 is 4.90 Å². The van der Waals surface area contributed by atoms with Crippen molar-refractivity contribution in [2.24, 2.45) is 0 Å². The topological polar surface area (TPSA) is 36.4 Å². The molecule has 0 atom stereocenters. The Morgan fingerprint density at radius 3 is 2.70 bits per heavy atom. The van der Waals surface area contributed by atoms with E-state index in [-0.39, 0.29) is 5.91 Å². The molecule has 0 spiro atoms. The Kier molecular flexibility index (Phi) is 5.65. The van der Waals surface area contributed by atoms with Crippen molar-refractivity contribution >= 4 is 28.8 Å². The first-order valence-corrected chi connectivity index (χ1v) is 9.09. The van der Waals surface area contributed by atoms with Gasteiger partial charge in [0.2, 0.25) is 5.91 Å². The zero-order chi connectivity index (χ0) is 16.1. The summed E-state index contributed by atoms with van der Waals surface area (Å²) >= 11 is 7.84. The van der Waals surface area contributed by atoms with Gasteiger partial charge in [-0.15, -0.1) is 11.3 Å². The van der Waals surface area contributed by atoms with Crippen LogP contribution in [0.5, 0.6) is 0 Å². The Bertz CT molecular complexity index is 639. The molecule has 1 fully saturated rings. The second kappa shape index (κ2) is 7.90. The summed E-state index contributed by atoms with van der Waals surface area (Å²) in [6.45, 7) is 4.51. The van der Waals surface area contributed by atoms with Gasteiger partial charge in [-0.05, 0) is 18.1 Å². The lowest BCUT2D eigenvalue weighted by atomic mass is 10.1. The van der Waals surface area contributed by atoms with Crippen LogP contribution in [0.1, 0.15) is 10.4 Å². The molecule has 23 heavy (non-hydrogen) atoms. The second-order valence-electron chi connectivity index (χ2n) is 5.71. The van der Waals surface area contributed by atoms with Crippen LogP contribution in [0.25, 0.3) is 0 Å². The number of nitrogens with zero attached hydrogens (tertiary/aromatic N) is 3. The van der Waals surface area contributed by atoms with Crippen molar-refractivity contribution < 1.29 is 4.79 Å². The molecule has 122 valence electrons. The van der Waals surface area contributed by atoms with E-state index in [0.29, 0.717) is 11.4 Å². The average Bonchev–Trinajstić information content (AvgIpc) is 3.09. The maximum absolute atomic E-state index is 12.4. The number of aromatic nitrogens is 1. The molecule has 1 amide bonds. The fourth-order valence-electron chi connectivity index (χ4n) is 2.77. The minimum absolute atomic E-state index is 0.167. The van der Waals surface area contributed by atoms with Crippen LogP contribution in [-0.4, -0.2) is 53.4 Å². The third kappa shape index (κ3) is 4.53. The predicted octanol–water partition coefficient (Wildman–Crippen LogP) is 2.73. The molecule has 0 unspecified atom stereocenters. The van der Waals surface area contributed by atoms with Crippen molar-refractivity contribution in [3.05, 3.63) is 51.4 Å². The quantitative estimate of drug-likeness (QED) is 0.832. The van der Waals surface area contributed by atoms with E-state index in [1.54, 1.807) is 11.3 Å². The lowest BCUT2D eigenvalue weighted by Gasteiger charge is -2.34. The van der Waals surface area contributed by atoms with E-state index in [0.717, 1.165) is 44.7 Å². The number of thiazole rings is 1. The largest absolute Gasteiger partial charge is 0.340 e. The van der Waals surface area contributed by atoms with Gasteiger partial charge in [0.1, 0.15) is 0 Å². The third-order valence-electron chi connectivity index (χ3n) is 4.18. The third-order valence-corrected chi connectivity index (χ3v) is 5.39. The molecule has 0 aliphatic carbocycles. The Morgan fingerprint density at radius 2 is 2.00 bits per heavy atom. The van der Waals surface area contributed by atoms with E-state index < -0.39 is 0 Å². The first-order chi connectivity index (χ1) is 11.2. The van der Waals surface area contributed by atoms with Crippen LogP contribution in [0.2, 0.25) is 5.02 Å². The number of hydrogen-bond acceptors (Lipinski definition) is 4. The van der Waals surface area contributed by atoms with Crippen LogP contribution >= 0.6 is 22.9 Å². The van der Waals surface area contributed by atoms with Gasteiger partial charge in [-0.3, -0.25) is 14.7 Å². The summed E-state index contributed by atoms with van der Waals surface area (Å²) in [5.74, 6) is 0.167. The number of amides is 1. The van der Waals surface area contributed by atoms with Gasteiger partial charge in [0.15, 0.2) is 0 Å². The van der Waals surface area contributed by atoms with E-state index in [1.807, 2.05) is 40.9 Å². The van der Waals surface area contributed by atoms with Crippen molar-refractivity contribution in [1.82, 2.24) is 14.8 Å². The molecule has 1 aliphatic heterocycles. The first-order valence-electron chi connectivity index (χ1n) is 7.83. The lowest BCUT2D eigenvalue weighted by Crippen LogP contribution is -2.49. The van der Waals surface area contributed by atoms with Crippen LogP contribution in [0.3, 0.4) is 0 Å². The summed E-state index contributed by atoms with van der Waals surface area (Å²) in [7, 11) is 0. The number of hydrogen-bond donors (Lipinski definition) is 0. The zero-order valence-electron chi connectivity index (χ0n) is 12.9. The Balaban J connectivity index is 1.45. The monoisotopic (exact) mass is 349 g/mol. The molecule has 1 saturated heterocycles. The highest BCUT2D eigenvalue weighted by Gasteiger charge is 2.21. The maximum Gasteiger partial charge on any atom is 0.227 e. The zero-order valence-corrected chi connectivity index (χ0v) is 14.5. The first kappa shape index (κ1) is 16.4. The SMILES string of the molecule is O=C(Cc1ccccc1Cl)N1CCN(CCc2cncs2)CC1. The van der Waals surface area contributed by atoms with Gasteiger partial charge >= 0.3 is 0 Å². The summed E-state index contributed by atoms with van der Waals surface area (Å²) in [5.41, 5.74) is 2.78. The molecule has 0 bridgehead atoms. The molecule has 2 heterocycles. The molecule has 0 radical (unpaired) electrons. The summed E-state index contributed by atoms with van der Waals surface area (Å²) < 4.78 is 0. The van der Waals surface area contributed by atoms with Crippen LogP contribution in [0.15, 0.2) is 36.0 Å². The number of halogens is 1. The van der Waals surface area contributed by atoms with E-state index in [2.05, 4.69) is 9.88 Å². The van der Waals surface area contributed by atoms with Crippen molar-refractivity contribution in [3.8, 4) is 0 Å². The van der Waals surface area contributed by atoms with Gasteiger partial charge in [0.25, 0.3) is 0 Å². The molecule has 1 aliphatic rings. The molecule has 1 aromatic carbocycles. The standard InChI is InChI=1S/C17H20ClN3OS/c18-16-4-2-1-3-14(16)11-17(22)21-9-7-20(8-10-21)6-5-15-12-19-13-23-15/h1-4,12-13H,5-11H2. The smallest absolute Gasteiger partial charge is 0.227 e. The van der Waals surface area contributed by atoms with Crippen molar-refractivity contribution in [2.45, 2.75) is 12.8 Å². The summed E-state index contributed by atoms with van der Waals surface area (Å²) in [5, 5.41) is 0.670. The fourth-order valence-corrected chi connectivity index (χ4v) is 3.56. The van der Waals surface area contributed by atoms with Crippen LogP contribution in [0.4, 0.5) is 0 Å². The van der Waals surface area contributed by atoms with Crippen LogP contribution < -0.4 is 0 Å². The van der Waals surface area contributed by atoms with E-state index in [4.69, 9.17) is 11.6 Å². The van der Waals surface area contributed by atoms with Gasteiger partial charge in [-0.2, -0.15) is 0 Å². The van der Waals surface area contributed by atoms with Gasteiger partial charge in [0, 0.05) is 48.8 Å². The number of benzene rings is 1. The molecule has 4 nitrogen and oxygen atoms in total. The number of carbonyl (C=O) groups is 1. The fraction of sp³-hybridized carbons (Fsp3) is 0.412. The van der Waals surface area contributed by atoms with E-state index in [9.17, 15) is 4.79 Å². The number of rotatable bonds is 5. The van der Waals surface area contributed by atoms with Gasteiger partial charge in [-0.1, -0.05) is 29.8 Å². The predicted molar refractivity (Wildman–Crippen MR) is 94.0 cm³/mol. The minimum atomic E-state index is 0.167. The van der Waals surface area contributed by atoms with Crippen molar-refractivity contribution in [2.75, 3.05) is 32.7 Å². The van der Waals surface area contributed by atoms with Crippen LogP contribution in [0, 0.1) is 0 Å². The lowest BCUT2D eigenvalue weighted by molar-refractivity contribution is -0.132. The Labute approximate surface area is 145 Å². The Morgan fingerprint density at radius 1 is 1.22 bits per heavy atom. The molecule has 0 N–H and O–H groups in total. The average molecular weight is 350 g/mol. The van der Waals surface area contributed by atoms with Gasteiger partial charge in [0.05, 0.1) is 11.9 Å². The molecule has 3 rings (SSSR count). The number of carbonyl (C=O) groups excluding carboxylic acids is 1.